The Kier molecular flexibility index (Phi) is 7.24. The lowest BCUT2D eigenvalue weighted by molar-refractivity contribution is 0.0599. The zero-order valence-electron chi connectivity index (χ0n) is 21.0. The summed E-state index contributed by atoms with van der Waals surface area (Å²) in [5.41, 5.74) is 5.48. The van der Waals surface area contributed by atoms with Crippen LogP contribution in [-0.4, -0.2) is 28.8 Å². The number of aryl methyl sites for hydroxylation is 3. The van der Waals surface area contributed by atoms with Gasteiger partial charge < -0.3 is 19.2 Å². The highest BCUT2D eigenvalue weighted by Gasteiger charge is 2.19. The number of nitrogens with zero attached hydrogens (tertiary/aromatic N) is 2. The topological polar surface area (TPSA) is 95.6 Å². The zero-order valence-corrected chi connectivity index (χ0v) is 21.0. The first-order chi connectivity index (χ1) is 17.2. The van der Waals surface area contributed by atoms with Crippen LogP contribution in [0.25, 0.3) is 0 Å². The van der Waals surface area contributed by atoms with Crippen molar-refractivity contribution in [2.45, 2.75) is 40.8 Å². The molecule has 1 amide bonds. The Balaban J connectivity index is 1.45. The molecule has 1 N–H and O–H groups in total. The van der Waals surface area contributed by atoms with E-state index in [4.69, 9.17) is 13.9 Å². The number of carbonyl (C=O) groups is 2. The van der Waals surface area contributed by atoms with E-state index in [-0.39, 0.29) is 18.3 Å². The van der Waals surface area contributed by atoms with Crippen molar-refractivity contribution in [2.24, 2.45) is 0 Å². The number of rotatable bonds is 8. The summed E-state index contributed by atoms with van der Waals surface area (Å²) in [4.78, 5) is 25.0. The van der Waals surface area contributed by atoms with Crippen molar-refractivity contribution >= 4 is 17.6 Å². The molecular formula is C28H29N3O5. The highest BCUT2D eigenvalue weighted by molar-refractivity contribution is 6.03. The van der Waals surface area contributed by atoms with Crippen molar-refractivity contribution in [1.29, 1.82) is 0 Å². The zero-order chi connectivity index (χ0) is 25.8. The number of carbonyl (C=O) groups excluding carboxylic acids is 2. The molecule has 0 aliphatic heterocycles. The van der Waals surface area contributed by atoms with Crippen LogP contribution in [0, 0.1) is 27.7 Å². The highest BCUT2D eigenvalue weighted by Crippen LogP contribution is 2.23. The maximum Gasteiger partial charge on any atom is 0.338 e. The van der Waals surface area contributed by atoms with Gasteiger partial charge in [-0.05, 0) is 74.7 Å². The number of amides is 1. The van der Waals surface area contributed by atoms with Gasteiger partial charge in [-0.2, -0.15) is 5.10 Å². The molecule has 0 atom stereocenters. The summed E-state index contributed by atoms with van der Waals surface area (Å²) in [5.74, 6) is 0.686. The number of aromatic nitrogens is 2. The lowest BCUT2D eigenvalue weighted by atomic mass is 10.1. The van der Waals surface area contributed by atoms with Crippen LogP contribution in [0.5, 0.6) is 5.75 Å². The third kappa shape index (κ3) is 5.49. The second-order valence-corrected chi connectivity index (χ2v) is 8.68. The molecule has 2 aromatic carbocycles. The van der Waals surface area contributed by atoms with Gasteiger partial charge in [0, 0.05) is 0 Å². The largest absolute Gasteiger partial charge is 0.486 e. The SMILES string of the molecule is COC(=O)c1ccccc1Cn1nc(C)c(NC(=O)c2ccc(COc3cc(C)cc(C)c3)o2)c1C. The molecule has 8 nitrogen and oxygen atoms in total. The van der Waals surface area contributed by atoms with Crippen molar-refractivity contribution in [2.75, 3.05) is 12.4 Å². The Morgan fingerprint density at radius 2 is 1.72 bits per heavy atom. The van der Waals surface area contributed by atoms with Gasteiger partial charge in [0.15, 0.2) is 5.76 Å². The van der Waals surface area contributed by atoms with Crippen LogP contribution < -0.4 is 10.1 Å². The van der Waals surface area contributed by atoms with Crippen LogP contribution in [0.4, 0.5) is 5.69 Å². The van der Waals surface area contributed by atoms with Gasteiger partial charge in [0.05, 0.1) is 36.3 Å². The molecular weight excluding hydrogens is 458 g/mol. The fourth-order valence-electron chi connectivity index (χ4n) is 4.08. The quantitative estimate of drug-likeness (QED) is 0.336. The van der Waals surface area contributed by atoms with E-state index in [1.807, 2.05) is 52.0 Å². The summed E-state index contributed by atoms with van der Waals surface area (Å²) in [6.07, 6.45) is 0. The van der Waals surface area contributed by atoms with Crippen LogP contribution >= 0.6 is 0 Å². The van der Waals surface area contributed by atoms with E-state index in [1.54, 1.807) is 28.9 Å². The lowest BCUT2D eigenvalue weighted by Crippen LogP contribution is -2.13. The number of esters is 1. The number of anilines is 1. The Bertz CT molecular complexity index is 1400. The minimum atomic E-state index is -0.407. The number of methoxy groups -OCH3 is 1. The molecule has 0 saturated heterocycles. The van der Waals surface area contributed by atoms with Crippen LogP contribution in [0.1, 0.15) is 54.8 Å². The number of ether oxygens (including phenoxy) is 2. The van der Waals surface area contributed by atoms with E-state index in [0.717, 1.165) is 28.1 Å². The van der Waals surface area contributed by atoms with Crippen LogP contribution in [-0.2, 0) is 17.9 Å². The molecule has 4 rings (SSSR count). The molecule has 4 aromatic rings. The maximum atomic E-state index is 12.9. The Morgan fingerprint density at radius 1 is 1.00 bits per heavy atom. The number of furan rings is 1. The summed E-state index contributed by atoms with van der Waals surface area (Å²) in [5, 5.41) is 7.46. The van der Waals surface area contributed by atoms with Crippen LogP contribution in [0.2, 0.25) is 0 Å². The molecule has 0 fully saturated rings. The predicted molar refractivity (Wildman–Crippen MR) is 135 cm³/mol. The van der Waals surface area contributed by atoms with Crippen molar-refractivity contribution in [3.05, 3.63) is 99.8 Å². The summed E-state index contributed by atoms with van der Waals surface area (Å²) in [6.45, 7) is 8.27. The molecule has 0 spiro atoms. The van der Waals surface area contributed by atoms with Crippen molar-refractivity contribution < 1.29 is 23.5 Å². The van der Waals surface area contributed by atoms with E-state index in [2.05, 4.69) is 16.5 Å². The first-order valence-electron chi connectivity index (χ1n) is 11.6. The standard InChI is InChI=1S/C28H29N3O5/c1-17-12-18(2)14-23(13-17)35-16-22-10-11-25(36-22)27(32)29-26-19(3)30-31(20(26)4)15-21-8-6-7-9-24(21)28(33)34-5/h6-14H,15-16H2,1-5H3,(H,29,32). The minimum Gasteiger partial charge on any atom is -0.486 e. The molecule has 0 unspecified atom stereocenters. The van der Waals surface area contributed by atoms with Crippen molar-refractivity contribution in [3.63, 3.8) is 0 Å². The first-order valence-corrected chi connectivity index (χ1v) is 11.6. The van der Waals surface area contributed by atoms with Crippen molar-refractivity contribution in [1.82, 2.24) is 9.78 Å². The van der Waals surface area contributed by atoms with Gasteiger partial charge in [0.2, 0.25) is 0 Å². The fraction of sp³-hybridized carbons (Fsp3) is 0.250. The predicted octanol–water partition coefficient (Wildman–Crippen LogP) is 5.38. The van der Waals surface area contributed by atoms with E-state index in [1.165, 1.54) is 7.11 Å². The molecule has 2 heterocycles. The van der Waals surface area contributed by atoms with Crippen LogP contribution in [0.15, 0.2) is 59.0 Å². The molecule has 2 aromatic heterocycles. The van der Waals surface area contributed by atoms with Gasteiger partial charge in [-0.25, -0.2) is 4.79 Å². The number of nitrogens with one attached hydrogen (secondary N) is 1. The Morgan fingerprint density at radius 3 is 2.44 bits per heavy atom. The highest BCUT2D eigenvalue weighted by atomic mass is 16.5. The Hall–Kier alpha value is -4.33. The molecule has 0 aliphatic carbocycles. The third-order valence-electron chi connectivity index (χ3n) is 5.82. The van der Waals surface area contributed by atoms with Crippen molar-refractivity contribution in [3.8, 4) is 5.75 Å². The molecule has 8 heteroatoms. The summed E-state index contributed by atoms with van der Waals surface area (Å²) < 4.78 is 18.2. The first kappa shape index (κ1) is 24.8. The van der Waals surface area contributed by atoms with Gasteiger partial charge >= 0.3 is 5.97 Å². The Labute approximate surface area is 209 Å². The summed E-state index contributed by atoms with van der Waals surface area (Å²) >= 11 is 0. The second kappa shape index (κ2) is 10.5. The lowest BCUT2D eigenvalue weighted by Gasteiger charge is -2.10. The molecule has 0 saturated carbocycles. The summed E-state index contributed by atoms with van der Waals surface area (Å²) in [7, 11) is 1.35. The molecule has 0 radical (unpaired) electrons. The molecule has 0 aliphatic rings. The smallest absolute Gasteiger partial charge is 0.338 e. The normalized spacial score (nSPS) is 10.8. The average molecular weight is 488 g/mol. The van der Waals surface area contributed by atoms with E-state index in [0.29, 0.717) is 29.2 Å². The third-order valence-corrected chi connectivity index (χ3v) is 5.82. The molecule has 186 valence electrons. The number of hydrogen-bond acceptors (Lipinski definition) is 6. The minimum absolute atomic E-state index is 0.177. The van der Waals surface area contributed by atoms with E-state index < -0.39 is 5.97 Å². The molecule has 0 bridgehead atoms. The average Bonchev–Trinajstić information content (AvgIpc) is 3.42. The van der Waals surface area contributed by atoms with Gasteiger partial charge in [0.1, 0.15) is 18.1 Å². The van der Waals surface area contributed by atoms with Gasteiger partial charge in [-0.1, -0.05) is 24.3 Å². The van der Waals surface area contributed by atoms with Gasteiger partial charge in [0.25, 0.3) is 5.91 Å². The number of benzene rings is 2. The van der Waals surface area contributed by atoms with E-state index >= 15 is 0 Å². The summed E-state index contributed by atoms with van der Waals surface area (Å²) in [6, 6.07) is 16.5. The monoisotopic (exact) mass is 487 g/mol. The second-order valence-electron chi connectivity index (χ2n) is 8.68. The van der Waals surface area contributed by atoms with Gasteiger partial charge in [-0.3, -0.25) is 9.48 Å². The fourth-order valence-corrected chi connectivity index (χ4v) is 4.08. The van der Waals surface area contributed by atoms with Gasteiger partial charge in [-0.15, -0.1) is 0 Å². The number of hydrogen-bond donors (Lipinski definition) is 1. The van der Waals surface area contributed by atoms with Crippen LogP contribution in [0.3, 0.4) is 0 Å². The van der Waals surface area contributed by atoms with E-state index in [9.17, 15) is 9.59 Å². The maximum absolute atomic E-state index is 12.9. The molecule has 36 heavy (non-hydrogen) atoms.